The second-order valence-electron chi connectivity index (χ2n) is 29.4. The van der Waals surface area contributed by atoms with Crippen LogP contribution in [-0.4, -0.2) is 183 Å². The number of amides is 8. The van der Waals surface area contributed by atoms with Crippen LogP contribution in [0.2, 0.25) is 0 Å². The van der Waals surface area contributed by atoms with E-state index in [1.54, 1.807) is 55.9 Å². The lowest BCUT2D eigenvalue weighted by atomic mass is 9.82. The van der Waals surface area contributed by atoms with Crippen molar-refractivity contribution in [1.82, 2.24) is 62.5 Å². The summed E-state index contributed by atoms with van der Waals surface area (Å²) in [5.74, 6) is -13.0. The van der Waals surface area contributed by atoms with Crippen molar-refractivity contribution < 1.29 is 57.5 Å². The normalized spacial score (nSPS) is 24.6. The summed E-state index contributed by atoms with van der Waals surface area (Å²) in [5.41, 5.74) is 28.2. The molecule has 2 fully saturated rings. The first-order valence-electron chi connectivity index (χ1n) is 39.1. The van der Waals surface area contributed by atoms with E-state index < -0.39 is 155 Å². The van der Waals surface area contributed by atoms with Crippen LogP contribution in [0.5, 0.6) is 0 Å². The standard InChI is InChI=1S/C81H109N17O12S2/c1-49-34-71(100)55-40-72(101)52(36-53-43-88-60-24-7-5-22-58(53)60)39-73(102)65(41-56-21-17-33-87-56)94-78(107)66(35-50-18-3-2-4-19-50)95-80(109)68(42-57-45-86-48-90-57)97-77(106)64(28-12-16-32-85)93-81(110)69(47-112-111-46-55)98-79(108)67(37-54-44-89-61-25-8-6-23-59(54)61)96-76(105)63(27-11-15-31-84)92-75(104)62(26-10-14-30-83)91-74(103)51(38-70(49)99)20-9-13-29-82/h2-8,18-19,21-25,33,43-45,48-49,51-52,55,62-69,88-89H,9-17,20,26-32,34-42,46-47,82-85H2,1H3,(H,86,90)(H,91,103)(H,92,104)(H,93,110)(H,94,107)(H,95,109)(H,96,105)(H,97,106)(H,98,108)/t49-,51-,52-,55+,62+,63+,64-,65+,66-,67+,68+,69+/m1/s1. The molecule has 0 aliphatic carbocycles. The second-order valence-corrected chi connectivity index (χ2v) is 32.0. The number of aromatic nitrogens is 4. The van der Waals surface area contributed by atoms with E-state index in [-0.39, 0.29) is 108 Å². The first kappa shape index (κ1) is 86.3. The number of hydrogen-bond acceptors (Lipinski definition) is 20. The van der Waals surface area contributed by atoms with Crippen LogP contribution in [0.1, 0.15) is 145 Å². The van der Waals surface area contributed by atoms with Gasteiger partial charge in [0.1, 0.15) is 59.6 Å². The van der Waals surface area contributed by atoms with E-state index >= 15 is 43.2 Å². The van der Waals surface area contributed by atoms with Crippen LogP contribution in [0.15, 0.2) is 121 Å². The van der Waals surface area contributed by atoms with Gasteiger partial charge in [0.25, 0.3) is 0 Å². The molecular formula is C81H109N17O12S2. The molecule has 6 heterocycles. The first-order chi connectivity index (χ1) is 54.2. The SMILES string of the molecule is C[C@@H]1CC(=O)[C@@H]2CSSC[C@H](NC(=O)[C@H](Cc3c[nH]c4ccccc34)NC(=O)[C@H](CCCCN)NC(=O)[C@H](CCCCN)NC(=O)[C@H](CCCCN)CC1=O)C(=O)N[C@H](CCCCN)C(=O)N[C@@H](Cc1cnc[nH]1)C(=O)N[C@H](Cc1ccccc1)C(=O)N[C@@H](CC1=CCC=N1)C(=O)C[C@@H](Cc1c[nH]c3ccccc13)C(=O)C2. The van der Waals surface area contributed by atoms with Crippen LogP contribution >= 0.6 is 21.6 Å². The lowest BCUT2D eigenvalue weighted by molar-refractivity contribution is -0.136. The number of fused-ring (bicyclic) bond motifs is 7. The Kier molecular flexibility index (Phi) is 34.3. The number of unbranched alkanes of at least 4 members (excludes halogenated alkanes) is 4. The molecule has 19 N–H and O–H groups in total. The number of allylic oxidation sites excluding steroid dienone is 1. The van der Waals surface area contributed by atoms with E-state index in [0.717, 1.165) is 32.5 Å². The van der Waals surface area contributed by atoms with Crippen molar-refractivity contribution in [3.63, 3.8) is 0 Å². The smallest absolute Gasteiger partial charge is 0.244 e. The minimum atomic E-state index is -1.56. The lowest BCUT2D eigenvalue weighted by Crippen LogP contribution is -2.61. The molecule has 3 aromatic heterocycles. The minimum absolute atomic E-state index is 0.00648. The molecule has 0 saturated carbocycles. The number of H-pyrrole nitrogens is 3. The number of nitrogens with one attached hydrogen (secondary N) is 11. The zero-order chi connectivity index (χ0) is 79.9. The third-order valence-electron chi connectivity index (χ3n) is 20.9. The van der Waals surface area contributed by atoms with Gasteiger partial charge in [0, 0.05) is 151 Å². The van der Waals surface area contributed by atoms with Crippen molar-refractivity contribution >= 4 is 120 Å². The van der Waals surface area contributed by atoms with Gasteiger partial charge in [0.2, 0.25) is 47.3 Å². The van der Waals surface area contributed by atoms with Gasteiger partial charge in [-0.1, -0.05) is 108 Å². The van der Waals surface area contributed by atoms with Crippen LogP contribution in [0.3, 0.4) is 0 Å². The number of carbonyl (C=O) groups is 12. The topological polar surface area (TPSA) is 478 Å². The summed E-state index contributed by atoms with van der Waals surface area (Å²) in [7, 11) is 2.15. The average molecular weight is 1580 g/mol. The zero-order valence-electron chi connectivity index (χ0n) is 63.6. The van der Waals surface area contributed by atoms with Gasteiger partial charge in [-0.3, -0.25) is 62.5 Å². The number of imidazole rings is 1. The Morgan fingerprint density at radius 3 is 1.46 bits per heavy atom. The highest BCUT2D eigenvalue weighted by Crippen LogP contribution is 2.33. The highest BCUT2D eigenvalue weighted by Gasteiger charge is 2.40. The molecule has 3 aromatic carbocycles. The first-order valence-corrected chi connectivity index (χ1v) is 41.6. The lowest BCUT2D eigenvalue weighted by Gasteiger charge is -2.28. The Balaban J connectivity index is 1.18. The number of Topliss-reactive ketones (excluding diaryl/α,β-unsaturated/α-hetero) is 4. The Morgan fingerprint density at radius 1 is 0.411 bits per heavy atom. The molecule has 29 nitrogen and oxygen atoms in total. The molecule has 9 rings (SSSR count). The molecule has 0 radical (unpaired) electrons. The Bertz CT molecular complexity index is 4240. The molecule has 112 heavy (non-hydrogen) atoms. The molecule has 2 saturated heterocycles. The van der Waals surface area contributed by atoms with Gasteiger partial charge in [-0.2, -0.15) is 0 Å². The molecule has 8 amide bonds. The average Bonchev–Trinajstić information content (AvgIpc) is 1.65. The molecule has 0 unspecified atom stereocenters. The summed E-state index contributed by atoms with van der Waals surface area (Å²) in [5, 5.41) is 24.6. The summed E-state index contributed by atoms with van der Waals surface area (Å²) in [6, 6.07) is 12.4. The molecule has 6 aromatic rings. The maximum absolute atomic E-state index is 15.8. The number of nitrogens with zero attached hydrogens (tertiary/aromatic N) is 2. The molecule has 31 heteroatoms. The molecular weight excluding hydrogens is 1470 g/mol. The van der Waals surface area contributed by atoms with Crippen molar-refractivity contribution in [2.75, 3.05) is 37.7 Å². The number of hydrogen-bond donors (Lipinski definition) is 15. The Labute approximate surface area is 660 Å². The van der Waals surface area contributed by atoms with E-state index in [0.29, 0.717) is 96.9 Å². The van der Waals surface area contributed by atoms with E-state index in [2.05, 4.69) is 67.5 Å². The monoisotopic (exact) mass is 1580 g/mol. The number of aliphatic imine (C=N–C) groups is 1. The van der Waals surface area contributed by atoms with Gasteiger partial charge in [0.15, 0.2) is 5.78 Å². The summed E-state index contributed by atoms with van der Waals surface area (Å²) < 4.78 is 0. The summed E-state index contributed by atoms with van der Waals surface area (Å²) in [6.07, 6.45) is 11.6. The number of ketones is 4. The van der Waals surface area contributed by atoms with Gasteiger partial charge < -0.3 is 80.4 Å². The van der Waals surface area contributed by atoms with Gasteiger partial charge in [-0.25, -0.2) is 4.98 Å². The van der Waals surface area contributed by atoms with E-state index in [1.807, 2.05) is 54.6 Å². The fourth-order valence-electron chi connectivity index (χ4n) is 14.3. The quantitative estimate of drug-likeness (QED) is 0.0262. The fraction of sp³-hybridized carbons (Fsp3) is 0.506. The van der Waals surface area contributed by atoms with E-state index in [4.69, 9.17) is 22.9 Å². The zero-order valence-corrected chi connectivity index (χ0v) is 65.2. The van der Waals surface area contributed by atoms with Crippen LogP contribution in [0.25, 0.3) is 21.8 Å². The Morgan fingerprint density at radius 2 is 0.893 bits per heavy atom. The molecule has 3 aliphatic rings. The third kappa shape index (κ3) is 26.0. The molecule has 12 atom stereocenters. The number of aromatic amines is 3. The van der Waals surface area contributed by atoms with Crippen LogP contribution in [0, 0.1) is 23.7 Å². The van der Waals surface area contributed by atoms with Crippen molar-refractivity contribution in [3.05, 3.63) is 138 Å². The maximum Gasteiger partial charge on any atom is 0.244 e. The summed E-state index contributed by atoms with van der Waals surface area (Å²) in [4.78, 5) is 202. The van der Waals surface area contributed by atoms with E-state index in [9.17, 15) is 14.4 Å². The maximum atomic E-state index is 15.8. The predicted octanol–water partition coefficient (Wildman–Crippen LogP) is 4.52. The van der Waals surface area contributed by atoms with Gasteiger partial charge in [-0.15, -0.1) is 0 Å². The van der Waals surface area contributed by atoms with Crippen molar-refractivity contribution in [2.24, 2.45) is 51.6 Å². The van der Waals surface area contributed by atoms with Crippen molar-refractivity contribution in [1.29, 1.82) is 0 Å². The number of carbonyl (C=O) groups excluding carboxylic acids is 12. The highest BCUT2D eigenvalue weighted by atomic mass is 33.1. The molecule has 602 valence electrons. The highest BCUT2D eigenvalue weighted by molar-refractivity contribution is 8.76. The van der Waals surface area contributed by atoms with Crippen molar-refractivity contribution in [3.8, 4) is 0 Å². The molecule has 0 spiro atoms. The van der Waals surface area contributed by atoms with Gasteiger partial charge >= 0.3 is 0 Å². The van der Waals surface area contributed by atoms with Crippen LogP contribution in [-0.2, 0) is 83.2 Å². The fourth-order valence-corrected chi connectivity index (χ4v) is 16.8. The second kappa shape index (κ2) is 44.5. The summed E-state index contributed by atoms with van der Waals surface area (Å²) >= 11 is 0. The van der Waals surface area contributed by atoms with Gasteiger partial charge in [-0.05, 0) is 132 Å². The van der Waals surface area contributed by atoms with Crippen LogP contribution < -0.4 is 65.5 Å². The molecule has 2 bridgehead atoms. The number of nitrogens with two attached hydrogens (primary N) is 4. The largest absolute Gasteiger partial charge is 0.361 e. The minimum Gasteiger partial charge on any atom is -0.361 e. The molecule has 3 aliphatic heterocycles. The number of benzene rings is 3. The number of rotatable bonds is 26. The van der Waals surface area contributed by atoms with Crippen molar-refractivity contribution in [2.45, 2.75) is 197 Å². The third-order valence-corrected chi connectivity index (χ3v) is 23.4. The summed E-state index contributed by atoms with van der Waals surface area (Å²) in [6.45, 7) is 2.59. The Hall–Kier alpha value is -9.66. The predicted molar refractivity (Wildman–Crippen MR) is 432 cm³/mol. The van der Waals surface area contributed by atoms with Crippen LogP contribution in [0.4, 0.5) is 0 Å². The van der Waals surface area contributed by atoms with E-state index in [1.165, 1.54) is 12.5 Å². The van der Waals surface area contributed by atoms with Gasteiger partial charge in [0.05, 0.1) is 12.4 Å². The number of para-hydroxylation sites is 2.